The van der Waals surface area contributed by atoms with E-state index >= 15 is 4.39 Å². The van der Waals surface area contributed by atoms with Crippen LogP contribution in [0, 0.1) is 5.82 Å². The maximum atomic E-state index is 15.9. The highest BCUT2D eigenvalue weighted by Crippen LogP contribution is 2.45. The largest absolute Gasteiger partial charge is 0.478 e. The lowest BCUT2D eigenvalue weighted by Crippen LogP contribution is -2.48. The average molecular weight is 510 g/mol. The van der Waals surface area contributed by atoms with E-state index in [1.165, 1.54) is 38.2 Å². The summed E-state index contributed by atoms with van der Waals surface area (Å²) < 4.78 is 30.9. The van der Waals surface area contributed by atoms with Crippen LogP contribution in [0.5, 0.6) is 0 Å². The molecule has 2 aromatic carbocycles. The Hall–Kier alpha value is -3.29. The molecule has 8 heteroatoms. The summed E-state index contributed by atoms with van der Waals surface area (Å²) in [7, 11) is 0. The molecule has 2 aromatic heterocycles. The van der Waals surface area contributed by atoms with E-state index in [-0.39, 0.29) is 28.7 Å². The van der Waals surface area contributed by atoms with Gasteiger partial charge in [-0.05, 0) is 63.1 Å². The van der Waals surface area contributed by atoms with Crippen LogP contribution >= 0.6 is 11.6 Å². The molecule has 4 aromatic rings. The number of nitrogens with one attached hydrogen (secondary N) is 1. The molecule has 0 radical (unpaired) electrons. The zero-order chi connectivity index (χ0) is 25.8. The van der Waals surface area contributed by atoms with Gasteiger partial charge in [-0.1, -0.05) is 29.8 Å². The van der Waals surface area contributed by atoms with Gasteiger partial charge in [-0.25, -0.2) is 13.6 Å². The number of benzene rings is 2. The minimum absolute atomic E-state index is 0.0361. The van der Waals surface area contributed by atoms with Crippen LogP contribution in [-0.4, -0.2) is 44.2 Å². The first-order valence-electron chi connectivity index (χ1n) is 11.8. The number of fused-ring (bicyclic) bond motifs is 3. The number of carbonyl (C=O) groups is 1. The third-order valence-electron chi connectivity index (χ3n) is 6.73. The highest BCUT2D eigenvalue weighted by Gasteiger charge is 2.40. The molecule has 1 aliphatic heterocycles. The lowest BCUT2D eigenvalue weighted by molar-refractivity contribution is 0.0656. The number of hydrogen-bond acceptors (Lipinski definition) is 3. The van der Waals surface area contributed by atoms with Crippen molar-refractivity contribution in [1.82, 2.24) is 14.9 Å². The van der Waals surface area contributed by atoms with Crippen LogP contribution in [0.15, 0.2) is 54.7 Å². The number of aromatic nitrogens is 2. The monoisotopic (exact) mass is 509 g/mol. The highest BCUT2D eigenvalue weighted by molar-refractivity contribution is 6.31. The molecule has 0 amide bonds. The molecule has 0 spiro atoms. The van der Waals surface area contributed by atoms with E-state index < -0.39 is 23.5 Å². The lowest BCUT2D eigenvalue weighted by Gasteiger charge is -2.43. The van der Waals surface area contributed by atoms with Gasteiger partial charge in [0.1, 0.15) is 11.5 Å². The first-order valence-corrected chi connectivity index (χ1v) is 12.1. The third-order valence-corrected chi connectivity index (χ3v) is 7.05. The Bertz CT molecular complexity index is 1440. The molecule has 2 N–H and O–H groups in total. The molecule has 0 unspecified atom stereocenters. The molecule has 5 nitrogen and oxygen atoms in total. The maximum Gasteiger partial charge on any atom is 0.337 e. The molecule has 3 heterocycles. The van der Waals surface area contributed by atoms with E-state index in [4.69, 9.17) is 16.7 Å². The Balaban J connectivity index is 1.66. The van der Waals surface area contributed by atoms with Gasteiger partial charge in [-0.3, -0.25) is 9.88 Å². The number of carboxylic acids is 1. The summed E-state index contributed by atoms with van der Waals surface area (Å²) in [5.74, 6) is -1.63. The van der Waals surface area contributed by atoms with Gasteiger partial charge < -0.3 is 10.1 Å². The second-order valence-electron chi connectivity index (χ2n) is 10.0. The van der Waals surface area contributed by atoms with Crippen LogP contribution in [0.4, 0.5) is 8.78 Å². The van der Waals surface area contributed by atoms with Crippen LogP contribution in [-0.2, 0) is 6.42 Å². The second-order valence-corrected chi connectivity index (χ2v) is 10.4. The van der Waals surface area contributed by atoms with E-state index in [2.05, 4.69) is 9.97 Å². The number of aromatic amines is 1. The highest BCUT2D eigenvalue weighted by atomic mass is 35.5. The van der Waals surface area contributed by atoms with Gasteiger partial charge in [-0.15, -0.1) is 0 Å². The summed E-state index contributed by atoms with van der Waals surface area (Å²) >= 11 is 6.75. The SMILES string of the molecule is C[C@@H]1Cc2c([nH]c3ccccc23)[C@@H](c2c(F)cc(-c3ccc(C(=O)O)cn3)cc2Cl)N1CC(C)(C)F. The maximum absolute atomic E-state index is 15.9. The average Bonchev–Trinajstić information content (AvgIpc) is 3.17. The molecular formula is C28H26ClF2N3O2. The summed E-state index contributed by atoms with van der Waals surface area (Å²) in [5.41, 5.74) is 2.47. The molecule has 2 atom stereocenters. The van der Waals surface area contributed by atoms with Crippen molar-refractivity contribution in [2.45, 2.75) is 44.9 Å². The predicted molar refractivity (Wildman–Crippen MR) is 137 cm³/mol. The fourth-order valence-corrected chi connectivity index (χ4v) is 5.49. The quantitative estimate of drug-likeness (QED) is 0.310. The van der Waals surface area contributed by atoms with E-state index in [1.807, 2.05) is 36.1 Å². The molecule has 1 aliphatic rings. The van der Waals surface area contributed by atoms with E-state index in [1.54, 1.807) is 6.07 Å². The van der Waals surface area contributed by atoms with Gasteiger partial charge in [0, 0.05) is 51.5 Å². The number of pyridine rings is 1. The van der Waals surface area contributed by atoms with Crippen LogP contribution in [0.2, 0.25) is 5.02 Å². The van der Waals surface area contributed by atoms with Crippen molar-refractivity contribution in [3.8, 4) is 11.3 Å². The molecule has 186 valence electrons. The van der Waals surface area contributed by atoms with Crippen molar-refractivity contribution < 1.29 is 18.7 Å². The molecular weight excluding hydrogens is 484 g/mol. The number of halogens is 3. The van der Waals surface area contributed by atoms with Crippen molar-refractivity contribution in [1.29, 1.82) is 0 Å². The summed E-state index contributed by atoms with van der Waals surface area (Å²) in [6.07, 6.45) is 1.92. The number of aromatic carboxylic acids is 1. The van der Waals surface area contributed by atoms with Crippen molar-refractivity contribution in [2.24, 2.45) is 0 Å². The number of alkyl halides is 1. The van der Waals surface area contributed by atoms with Gasteiger partial charge in [-0.2, -0.15) is 0 Å². The van der Waals surface area contributed by atoms with Crippen molar-refractivity contribution in [2.75, 3.05) is 6.54 Å². The number of rotatable bonds is 5. The Morgan fingerprint density at radius 1 is 1.25 bits per heavy atom. The minimum Gasteiger partial charge on any atom is -0.478 e. The Morgan fingerprint density at radius 3 is 2.64 bits per heavy atom. The second kappa shape index (κ2) is 8.98. The van der Waals surface area contributed by atoms with Crippen LogP contribution in [0.25, 0.3) is 22.2 Å². The Kier molecular flexibility index (Phi) is 6.09. The molecule has 5 rings (SSSR count). The van der Waals surface area contributed by atoms with E-state index in [0.29, 0.717) is 17.7 Å². The van der Waals surface area contributed by atoms with Crippen LogP contribution in [0.1, 0.15) is 54.0 Å². The Labute approximate surface area is 212 Å². The van der Waals surface area contributed by atoms with Crippen molar-refractivity contribution >= 4 is 28.5 Å². The van der Waals surface area contributed by atoms with Crippen molar-refractivity contribution in [3.63, 3.8) is 0 Å². The van der Waals surface area contributed by atoms with Gasteiger partial charge in [0.2, 0.25) is 0 Å². The normalized spacial score (nSPS) is 18.4. The Morgan fingerprint density at radius 2 is 2.00 bits per heavy atom. The summed E-state index contributed by atoms with van der Waals surface area (Å²) in [5, 5.41) is 10.4. The fourth-order valence-electron chi connectivity index (χ4n) is 5.18. The smallest absolute Gasteiger partial charge is 0.337 e. The number of para-hydroxylation sites is 1. The summed E-state index contributed by atoms with van der Waals surface area (Å²) in [6, 6.07) is 13.2. The van der Waals surface area contributed by atoms with Gasteiger partial charge in [0.05, 0.1) is 17.3 Å². The fraction of sp³-hybridized carbons (Fsp3) is 0.286. The van der Waals surface area contributed by atoms with Crippen LogP contribution in [0.3, 0.4) is 0 Å². The number of hydrogen-bond donors (Lipinski definition) is 2. The van der Waals surface area contributed by atoms with Crippen LogP contribution < -0.4 is 0 Å². The molecule has 0 saturated carbocycles. The number of H-pyrrole nitrogens is 1. The topological polar surface area (TPSA) is 69.2 Å². The summed E-state index contributed by atoms with van der Waals surface area (Å²) in [6.45, 7) is 5.16. The number of nitrogens with zero attached hydrogens (tertiary/aromatic N) is 2. The molecule has 36 heavy (non-hydrogen) atoms. The molecule has 0 bridgehead atoms. The first kappa shape index (κ1) is 24.4. The molecule has 0 saturated heterocycles. The predicted octanol–water partition coefficient (Wildman–Crippen LogP) is 6.80. The zero-order valence-electron chi connectivity index (χ0n) is 20.1. The minimum atomic E-state index is -1.51. The third kappa shape index (κ3) is 4.38. The van der Waals surface area contributed by atoms with E-state index in [0.717, 1.165) is 22.2 Å². The molecule has 0 aliphatic carbocycles. The first-order chi connectivity index (χ1) is 17.0. The summed E-state index contributed by atoms with van der Waals surface area (Å²) in [4.78, 5) is 20.7. The zero-order valence-corrected chi connectivity index (χ0v) is 20.9. The van der Waals surface area contributed by atoms with Crippen molar-refractivity contribution in [3.05, 3.63) is 88.0 Å². The van der Waals surface area contributed by atoms with Gasteiger partial charge in [0.15, 0.2) is 0 Å². The van der Waals surface area contributed by atoms with Gasteiger partial charge >= 0.3 is 5.97 Å². The van der Waals surface area contributed by atoms with Gasteiger partial charge in [0.25, 0.3) is 0 Å². The molecule has 0 fully saturated rings. The number of carboxylic acid groups (broad SMARTS) is 1. The lowest BCUT2D eigenvalue weighted by atomic mass is 9.87. The standard InChI is InChI=1S/C28H26ClF2N3O2/c1-15-10-19-18-6-4-5-7-23(18)33-25(19)26(34(15)14-28(2,3)31)24-20(29)11-17(12-21(24)30)22-9-8-16(13-32-22)27(35)36/h4-9,11-13,15,26,33H,10,14H2,1-3H3,(H,35,36)/t15-,26-/m1/s1. The van der Waals surface area contributed by atoms with E-state index in [9.17, 15) is 9.18 Å².